The topological polar surface area (TPSA) is 58.3 Å². The summed E-state index contributed by atoms with van der Waals surface area (Å²) in [6.45, 7) is 0. The van der Waals surface area contributed by atoms with Crippen molar-refractivity contribution in [1.82, 2.24) is 5.48 Å². The van der Waals surface area contributed by atoms with Crippen LogP contribution in [-0.2, 0) is 4.84 Å². The predicted molar refractivity (Wildman–Crippen MR) is 38.1 cm³/mol. The highest BCUT2D eigenvalue weighted by molar-refractivity contribution is 5.32. The Morgan fingerprint density at radius 1 is 1.36 bits per heavy atom. The molecule has 2 rings (SSSR count). The molecule has 1 aliphatic rings. The van der Waals surface area contributed by atoms with Crippen molar-refractivity contribution in [3.05, 3.63) is 35.4 Å². The average Bonchev–Trinajstić information content (AvgIpc) is 2.87. The van der Waals surface area contributed by atoms with Crippen molar-refractivity contribution in [2.45, 2.75) is 6.23 Å². The van der Waals surface area contributed by atoms with E-state index >= 15 is 0 Å². The zero-order chi connectivity index (χ0) is 7.68. The fourth-order valence-corrected chi connectivity index (χ4v) is 0.903. The minimum absolute atomic E-state index is 0.0442. The van der Waals surface area contributed by atoms with Crippen LogP contribution in [-0.4, -0.2) is 0 Å². The lowest BCUT2D eigenvalue weighted by Gasteiger charge is -1.91. The molecule has 1 fully saturated rings. The van der Waals surface area contributed by atoms with Gasteiger partial charge in [0.25, 0.3) is 0 Å². The van der Waals surface area contributed by atoms with Gasteiger partial charge >= 0.3 is 0 Å². The summed E-state index contributed by atoms with van der Waals surface area (Å²) in [6, 6.07) is 9.36. The first-order valence-electron chi connectivity index (χ1n) is 3.31. The highest BCUT2D eigenvalue weighted by Crippen LogP contribution is 2.22. The van der Waals surface area contributed by atoms with Crippen LogP contribution in [0, 0.1) is 11.3 Å². The third-order valence-electron chi connectivity index (χ3n) is 1.58. The van der Waals surface area contributed by atoms with Crippen molar-refractivity contribution < 1.29 is 4.84 Å². The van der Waals surface area contributed by atoms with Crippen molar-refractivity contribution in [2.24, 2.45) is 0 Å². The fraction of sp³-hybridized carbons (Fsp3) is 0.125. The van der Waals surface area contributed by atoms with E-state index in [1.54, 1.807) is 12.1 Å². The van der Waals surface area contributed by atoms with Crippen LogP contribution in [0.5, 0.6) is 0 Å². The second kappa shape index (κ2) is 2.35. The van der Waals surface area contributed by atoms with Crippen LogP contribution in [0.3, 0.4) is 0 Å². The summed E-state index contributed by atoms with van der Waals surface area (Å²) in [5, 5.41) is 8.49. The Morgan fingerprint density at radius 2 is 2.00 bits per heavy atom. The van der Waals surface area contributed by atoms with Gasteiger partial charge < -0.3 is 0 Å². The predicted octanol–water partition coefficient (Wildman–Crippen LogP) is 1.09. The second-order valence-electron chi connectivity index (χ2n) is 2.35. The molecule has 1 aliphatic heterocycles. The van der Waals surface area contributed by atoms with Crippen LogP contribution in [0.1, 0.15) is 17.4 Å². The zero-order valence-electron chi connectivity index (χ0n) is 5.74. The first kappa shape index (κ1) is 6.35. The van der Waals surface area contributed by atoms with E-state index in [1.807, 2.05) is 12.1 Å². The third kappa shape index (κ3) is 1.22. The number of hydroxylamine groups is 1. The highest BCUT2D eigenvalue weighted by Gasteiger charge is 2.23. The van der Waals surface area contributed by atoms with Crippen LogP contribution < -0.4 is 5.48 Å². The molecule has 0 bridgehead atoms. The number of hydrogen-bond donors (Lipinski definition) is 1. The second-order valence-corrected chi connectivity index (χ2v) is 2.35. The van der Waals surface area contributed by atoms with Crippen molar-refractivity contribution in [3.8, 4) is 6.07 Å². The SMILES string of the molecule is N#Cc1ccc(C2NO2)cc1. The molecule has 0 radical (unpaired) electrons. The Bertz CT molecular complexity index is 295. The van der Waals surface area contributed by atoms with E-state index in [2.05, 4.69) is 11.5 Å². The van der Waals surface area contributed by atoms with Gasteiger partial charge in [0.1, 0.15) is 0 Å². The van der Waals surface area contributed by atoms with Crippen LogP contribution in [0.2, 0.25) is 0 Å². The Hall–Kier alpha value is -1.37. The molecule has 3 nitrogen and oxygen atoms in total. The number of nitrogens with one attached hydrogen (secondary N) is 1. The summed E-state index contributed by atoms with van der Waals surface area (Å²) >= 11 is 0. The van der Waals surface area contributed by atoms with Crippen LogP contribution in [0.15, 0.2) is 24.3 Å². The monoisotopic (exact) mass is 146 g/mol. The summed E-state index contributed by atoms with van der Waals surface area (Å²) in [4.78, 5) is 4.84. The minimum atomic E-state index is 0.0442. The van der Waals surface area contributed by atoms with Crippen molar-refractivity contribution >= 4 is 0 Å². The van der Waals surface area contributed by atoms with Gasteiger partial charge in [-0.05, 0) is 17.7 Å². The molecule has 3 heteroatoms. The molecular formula is C8H6N2O. The molecule has 1 aromatic carbocycles. The van der Waals surface area contributed by atoms with Gasteiger partial charge in [-0.2, -0.15) is 10.7 Å². The molecule has 0 aromatic heterocycles. The number of rotatable bonds is 1. The molecular weight excluding hydrogens is 140 g/mol. The van der Waals surface area contributed by atoms with Gasteiger partial charge in [-0.15, -0.1) is 0 Å². The normalized spacial score (nSPS) is 20.8. The van der Waals surface area contributed by atoms with Gasteiger partial charge in [0.15, 0.2) is 6.23 Å². The molecule has 1 heterocycles. The summed E-state index contributed by atoms with van der Waals surface area (Å²) < 4.78 is 0. The maximum atomic E-state index is 8.49. The van der Waals surface area contributed by atoms with Gasteiger partial charge in [0, 0.05) is 0 Å². The van der Waals surface area contributed by atoms with Gasteiger partial charge in [-0.3, -0.25) is 4.84 Å². The minimum Gasteiger partial charge on any atom is -0.273 e. The molecule has 1 aromatic rings. The Kier molecular flexibility index (Phi) is 1.35. The lowest BCUT2D eigenvalue weighted by atomic mass is 10.1. The lowest BCUT2D eigenvalue weighted by molar-refractivity contribution is 0.374. The van der Waals surface area contributed by atoms with Crippen molar-refractivity contribution in [1.29, 1.82) is 5.26 Å². The number of nitriles is 1. The van der Waals surface area contributed by atoms with Crippen molar-refractivity contribution in [3.63, 3.8) is 0 Å². The van der Waals surface area contributed by atoms with E-state index in [1.165, 1.54) is 0 Å². The van der Waals surface area contributed by atoms with Gasteiger partial charge in [-0.25, -0.2) is 0 Å². The average molecular weight is 146 g/mol. The van der Waals surface area contributed by atoms with Gasteiger partial charge in [0.05, 0.1) is 11.6 Å². The molecule has 0 spiro atoms. The first-order valence-corrected chi connectivity index (χ1v) is 3.31. The molecule has 1 N–H and O–H groups in total. The molecule has 1 saturated heterocycles. The Labute approximate surface area is 64.2 Å². The Balaban J connectivity index is 2.27. The van der Waals surface area contributed by atoms with Crippen LogP contribution in [0.4, 0.5) is 0 Å². The molecule has 1 unspecified atom stereocenters. The van der Waals surface area contributed by atoms with E-state index in [4.69, 9.17) is 10.1 Å². The first-order chi connectivity index (χ1) is 5.40. The number of nitrogens with zero attached hydrogens (tertiary/aromatic N) is 1. The summed E-state index contributed by atoms with van der Waals surface area (Å²) in [5.41, 5.74) is 4.44. The zero-order valence-corrected chi connectivity index (χ0v) is 5.74. The number of hydrogen-bond acceptors (Lipinski definition) is 3. The summed E-state index contributed by atoms with van der Waals surface area (Å²) in [7, 11) is 0. The van der Waals surface area contributed by atoms with Gasteiger partial charge in [-0.1, -0.05) is 12.1 Å². The largest absolute Gasteiger partial charge is 0.273 e. The Morgan fingerprint density at radius 3 is 2.45 bits per heavy atom. The smallest absolute Gasteiger partial charge is 0.176 e. The molecule has 1 atom stereocenters. The third-order valence-corrected chi connectivity index (χ3v) is 1.58. The maximum Gasteiger partial charge on any atom is 0.176 e. The quantitative estimate of drug-likeness (QED) is 0.603. The highest BCUT2D eigenvalue weighted by atomic mass is 16.8. The molecule has 0 saturated carbocycles. The lowest BCUT2D eigenvalue weighted by Crippen LogP contribution is -1.83. The summed E-state index contributed by atoms with van der Waals surface area (Å²) in [5.74, 6) is 0. The van der Waals surface area contributed by atoms with E-state index in [0.29, 0.717) is 5.56 Å². The van der Waals surface area contributed by atoms with E-state index in [0.717, 1.165) is 5.56 Å². The van der Waals surface area contributed by atoms with Gasteiger partial charge in [0.2, 0.25) is 0 Å². The standard InChI is InChI=1S/C8H6N2O/c9-5-6-1-3-7(4-2-6)8-10-11-8/h1-4,8,10H. The maximum absolute atomic E-state index is 8.49. The molecule has 54 valence electrons. The molecule has 0 amide bonds. The summed E-state index contributed by atoms with van der Waals surface area (Å²) in [6.07, 6.45) is 0.0442. The molecule has 0 aliphatic carbocycles. The number of benzene rings is 1. The fourth-order valence-electron chi connectivity index (χ4n) is 0.903. The van der Waals surface area contributed by atoms with E-state index < -0.39 is 0 Å². The van der Waals surface area contributed by atoms with Crippen molar-refractivity contribution in [2.75, 3.05) is 0 Å². The van der Waals surface area contributed by atoms with E-state index in [9.17, 15) is 0 Å². The molecule has 11 heavy (non-hydrogen) atoms. The van der Waals surface area contributed by atoms with E-state index in [-0.39, 0.29) is 6.23 Å². The van der Waals surface area contributed by atoms with Crippen LogP contribution in [0.25, 0.3) is 0 Å². The van der Waals surface area contributed by atoms with Crippen LogP contribution >= 0.6 is 0 Å².